The number of non-ortho nitro benzene ring substituents is 1. The van der Waals surface area contributed by atoms with Crippen molar-refractivity contribution in [3.8, 4) is 5.75 Å². The van der Waals surface area contributed by atoms with Gasteiger partial charge in [0.2, 0.25) is 0 Å². The Morgan fingerprint density at radius 3 is 2.28 bits per heavy atom. The highest BCUT2D eigenvalue weighted by Crippen LogP contribution is 2.28. The van der Waals surface area contributed by atoms with Gasteiger partial charge < -0.3 is 4.74 Å². The summed E-state index contributed by atoms with van der Waals surface area (Å²) in [6.45, 7) is 0. The maximum absolute atomic E-state index is 11.9. The summed E-state index contributed by atoms with van der Waals surface area (Å²) in [5.41, 5.74) is 3.14. The van der Waals surface area contributed by atoms with Crippen molar-refractivity contribution in [2.24, 2.45) is 5.10 Å². The van der Waals surface area contributed by atoms with Gasteiger partial charge in [-0.3, -0.25) is 25.7 Å². The zero-order valence-electron chi connectivity index (χ0n) is 16.5. The number of nitrogens with zero attached hydrogens (tertiary/aromatic N) is 3. The molecule has 0 heterocycles. The summed E-state index contributed by atoms with van der Waals surface area (Å²) in [6.07, 6.45) is 4.37. The van der Waals surface area contributed by atoms with Gasteiger partial charge in [-0.15, -0.1) is 0 Å². The highest BCUT2D eigenvalue weighted by Gasteiger charge is 2.19. The second kappa shape index (κ2) is 10.3. The summed E-state index contributed by atoms with van der Waals surface area (Å²) >= 11 is 0. The molecule has 0 spiro atoms. The Morgan fingerprint density at radius 2 is 1.62 bits per heavy atom. The topological polar surface area (TPSA) is 137 Å². The van der Waals surface area contributed by atoms with Gasteiger partial charge >= 0.3 is 11.7 Å². The van der Waals surface area contributed by atoms with Crippen LogP contribution in [0.5, 0.6) is 5.75 Å². The number of benzene rings is 3. The number of hydrazone groups is 1. The van der Waals surface area contributed by atoms with Gasteiger partial charge in [0, 0.05) is 12.1 Å². The summed E-state index contributed by atoms with van der Waals surface area (Å²) < 4.78 is 5.22. The molecule has 10 nitrogen and oxygen atoms in total. The first-order chi connectivity index (χ1) is 15.4. The summed E-state index contributed by atoms with van der Waals surface area (Å²) in [6, 6.07) is 18.9. The normalized spacial score (nSPS) is 10.9. The number of hydrogen-bond acceptors (Lipinski definition) is 8. The number of carbonyl (C=O) groups excluding carboxylic acids is 1. The molecular weight excluding hydrogens is 416 g/mol. The van der Waals surface area contributed by atoms with E-state index in [1.54, 1.807) is 30.3 Å². The molecule has 0 amide bonds. The smallest absolute Gasteiger partial charge is 0.336 e. The molecule has 0 aromatic heterocycles. The van der Waals surface area contributed by atoms with Crippen molar-refractivity contribution in [2.75, 3.05) is 5.43 Å². The van der Waals surface area contributed by atoms with E-state index in [-0.39, 0.29) is 5.69 Å². The monoisotopic (exact) mass is 432 g/mol. The van der Waals surface area contributed by atoms with Crippen molar-refractivity contribution < 1.29 is 19.4 Å². The molecule has 0 atom stereocenters. The van der Waals surface area contributed by atoms with Crippen LogP contribution in [0.2, 0.25) is 0 Å². The maximum atomic E-state index is 11.9. The average molecular weight is 432 g/mol. The van der Waals surface area contributed by atoms with Crippen molar-refractivity contribution >= 4 is 35.3 Å². The minimum absolute atomic E-state index is 0.00704. The van der Waals surface area contributed by atoms with Crippen molar-refractivity contribution in [3.05, 3.63) is 110 Å². The molecule has 0 radical (unpaired) electrons. The molecule has 3 aromatic carbocycles. The number of esters is 1. The van der Waals surface area contributed by atoms with Gasteiger partial charge in [0.15, 0.2) is 0 Å². The quantitative estimate of drug-likeness (QED) is 0.137. The lowest BCUT2D eigenvalue weighted by Crippen LogP contribution is -2.03. The number of rotatable bonds is 8. The Bertz CT molecular complexity index is 1190. The summed E-state index contributed by atoms with van der Waals surface area (Å²) in [5, 5.41) is 25.8. The zero-order chi connectivity index (χ0) is 22.9. The highest BCUT2D eigenvalue weighted by atomic mass is 16.6. The van der Waals surface area contributed by atoms with Crippen LogP contribution >= 0.6 is 0 Å². The Kier molecular flexibility index (Phi) is 7.00. The molecule has 3 aromatic rings. The Hall–Kier alpha value is -4.86. The van der Waals surface area contributed by atoms with Gasteiger partial charge in [0.25, 0.3) is 5.69 Å². The zero-order valence-corrected chi connectivity index (χ0v) is 16.5. The van der Waals surface area contributed by atoms with Crippen molar-refractivity contribution in [2.45, 2.75) is 0 Å². The molecule has 0 aliphatic heterocycles. The fraction of sp³-hybridized carbons (Fsp3) is 0. The van der Waals surface area contributed by atoms with E-state index in [0.717, 1.165) is 17.7 Å². The third kappa shape index (κ3) is 6.07. The fourth-order valence-corrected chi connectivity index (χ4v) is 2.56. The molecule has 160 valence electrons. The van der Waals surface area contributed by atoms with E-state index in [9.17, 15) is 25.0 Å². The van der Waals surface area contributed by atoms with Gasteiger partial charge in [0.05, 0.1) is 22.1 Å². The molecular formula is C22H16N4O6. The molecule has 0 aliphatic rings. The molecule has 10 heteroatoms. The largest absolute Gasteiger partial charge is 0.423 e. The van der Waals surface area contributed by atoms with Crippen LogP contribution in [0.15, 0.2) is 84.0 Å². The highest BCUT2D eigenvalue weighted by molar-refractivity contribution is 5.89. The van der Waals surface area contributed by atoms with Gasteiger partial charge in [0.1, 0.15) is 11.4 Å². The van der Waals surface area contributed by atoms with E-state index >= 15 is 0 Å². The van der Waals surface area contributed by atoms with E-state index in [4.69, 9.17) is 4.74 Å². The molecule has 3 rings (SSSR count). The number of nitrogens with one attached hydrogen (secondary N) is 1. The Balaban J connectivity index is 1.60. The van der Waals surface area contributed by atoms with E-state index in [1.807, 2.05) is 30.3 Å². The van der Waals surface area contributed by atoms with E-state index in [0.29, 0.717) is 11.3 Å². The van der Waals surface area contributed by atoms with Crippen LogP contribution in [0.1, 0.15) is 11.1 Å². The number of nitro benzene ring substituents is 2. The van der Waals surface area contributed by atoms with Gasteiger partial charge in [-0.1, -0.05) is 30.3 Å². The van der Waals surface area contributed by atoms with Crippen LogP contribution in [-0.2, 0) is 4.79 Å². The van der Waals surface area contributed by atoms with Crippen LogP contribution < -0.4 is 10.2 Å². The molecule has 1 N–H and O–H groups in total. The van der Waals surface area contributed by atoms with Crippen molar-refractivity contribution in [3.63, 3.8) is 0 Å². The van der Waals surface area contributed by atoms with Crippen LogP contribution in [0.25, 0.3) is 6.08 Å². The minimum Gasteiger partial charge on any atom is -0.423 e. The molecule has 0 bridgehead atoms. The summed E-state index contributed by atoms with van der Waals surface area (Å²) in [7, 11) is 0. The lowest BCUT2D eigenvalue weighted by Gasteiger charge is -2.03. The van der Waals surface area contributed by atoms with Crippen LogP contribution in [0.3, 0.4) is 0 Å². The second-order valence-corrected chi connectivity index (χ2v) is 6.32. The van der Waals surface area contributed by atoms with E-state index in [1.165, 1.54) is 18.4 Å². The average Bonchev–Trinajstić information content (AvgIpc) is 2.79. The molecule has 0 unspecified atom stereocenters. The first-order valence-corrected chi connectivity index (χ1v) is 9.19. The number of hydrogen-bond donors (Lipinski definition) is 1. The van der Waals surface area contributed by atoms with Crippen LogP contribution in [0.4, 0.5) is 17.1 Å². The van der Waals surface area contributed by atoms with Crippen molar-refractivity contribution in [1.29, 1.82) is 0 Å². The van der Waals surface area contributed by atoms with Gasteiger partial charge in [-0.2, -0.15) is 5.10 Å². The SMILES string of the molecule is O=C(/C=C/c1ccccc1)Oc1ccc(/C=N\Nc2ccc([N+](=O)[O-])cc2[N+](=O)[O-])cc1. The molecule has 0 saturated heterocycles. The maximum Gasteiger partial charge on any atom is 0.336 e. The van der Waals surface area contributed by atoms with Gasteiger partial charge in [-0.05, 0) is 47.5 Å². The summed E-state index contributed by atoms with van der Waals surface area (Å²) in [4.78, 5) is 32.4. The lowest BCUT2D eigenvalue weighted by atomic mass is 10.2. The van der Waals surface area contributed by atoms with Gasteiger partial charge in [-0.25, -0.2) is 4.79 Å². The number of ether oxygens (including phenoxy) is 1. The molecule has 0 aliphatic carbocycles. The van der Waals surface area contributed by atoms with E-state index < -0.39 is 27.2 Å². The Labute approximate surface area is 181 Å². The minimum atomic E-state index is -0.736. The lowest BCUT2D eigenvalue weighted by molar-refractivity contribution is -0.393. The van der Waals surface area contributed by atoms with E-state index in [2.05, 4.69) is 10.5 Å². The standard InChI is InChI=1S/C22H16N4O6/c27-22(13-8-16-4-2-1-3-5-16)32-19-10-6-17(7-11-19)15-23-24-20-12-9-18(25(28)29)14-21(20)26(30)31/h1-15,24H/b13-8+,23-15-. The Morgan fingerprint density at radius 1 is 0.906 bits per heavy atom. The fourth-order valence-electron chi connectivity index (χ4n) is 2.56. The third-order valence-corrected chi connectivity index (χ3v) is 4.10. The molecule has 0 saturated carbocycles. The van der Waals surface area contributed by atoms with Crippen LogP contribution in [0, 0.1) is 20.2 Å². The molecule has 0 fully saturated rings. The van der Waals surface area contributed by atoms with Crippen LogP contribution in [-0.4, -0.2) is 22.0 Å². The first-order valence-electron chi connectivity index (χ1n) is 9.19. The predicted octanol–water partition coefficient (Wildman–Crippen LogP) is 4.57. The summed E-state index contributed by atoms with van der Waals surface area (Å²) in [5.74, 6) is -0.189. The molecule has 32 heavy (non-hydrogen) atoms. The third-order valence-electron chi connectivity index (χ3n) is 4.10. The number of nitro groups is 2. The number of carbonyl (C=O) groups is 1. The predicted molar refractivity (Wildman–Crippen MR) is 119 cm³/mol. The van der Waals surface area contributed by atoms with Crippen molar-refractivity contribution in [1.82, 2.24) is 0 Å². The first kappa shape index (κ1) is 21.8. The second-order valence-electron chi connectivity index (χ2n) is 6.32. The number of anilines is 1.